The summed E-state index contributed by atoms with van der Waals surface area (Å²) in [6.07, 6.45) is 0. The van der Waals surface area contributed by atoms with E-state index in [1.54, 1.807) is 6.07 Å². The minimum Gasteiger partial charge on any atom is -0.422 e. The average molecular weight is 281 g/mol. The van der Waals surface area contributed by atoms with Crippen molar-refractivity contribution in [3.63, 3.8) is 0 Å². The van der Waals surface area contributed by atoms with E-state index in [0.717, 1.165) is 21.5 Å². The summed E-state index contributed by atoms with van der Waals surface area (Å²) in [4.78, 5) is 12.1. The molecule has 0 aliphatic carbocycles. The minimum atomic E-state index is -0.333. The third-order valence-corrected chi connectivity index (χ3v) is 3.80. The lowest BCUT2D eigenvalue weighted by Crippen LogP contribution is -2.00. The van der Waals surface area contributed by atoms with E-state index in [9.17, 15) is 4.79 Å². The SMILES string of the molecule is O=c1oc2cc(Cl)ccc2c2c1ccc1ccccc12. The molecule has 0 saturated carbocycles. The predicted octanol–water partition coefficient (Wildman–Crippen LogP) is 4.75. The van der Waals surface area contributed by atoms with Crippen LogP contribution in [-0.4, -0.2) is 0 Å². The molecule has 0 saturated heterocycles. The first-order valence-electron chi connectivity index (χ1n) is 6.28. The normalized spacial score (nSPS) is 11.4. The van der Waals surface area contributed by atoms with Gasteiger partial charge in [-0.2, -0.15) is 0 Å². The van der Waals surface area contributed by atoms with Gasteiger partial charge < -0.3 is 4.42 Å². The molecule has 0 unspecified atom stereocenters. The van der Waals surface area contributed by atoms with E-state index in [-0.39, 0.29) is 5.63 Å². The molecule has 2 nitrogen and oxygen atoms in total. The van der Waals surface area contributed by atoms with Crippen LogP contribution in [0, 0.1) is 0 Å². The largest absolute Gasteiger partial charge is 0.422 e. The van der Waals surface area contributed by atoms with Gasteiger partial charge in [-0.1, -0.05) is 41.9 Å². The monoisotopic (exact) mass is 280 g/mol. The molecule has 1 heterocycles. The van der Waals surface area contributed by atoms with Crippen LogP contribution in [0.2, 0.25) is 5.02 Å². The van der Waals surface area contributed by atoms with Crippen molar-refractivity contribution in [1.29, 1.82) is 0 Å². The average Bonchev–Trinajstić information content (AvgIpc) is 2.46. The van der Waals surface area contributed by atoms with Crippen LogP contribution in [-0.2, 0) is 0 Å². The molecule has 0 N–H and O–H groups in total. The van der Waals surface area contributed by atoms with Crippen molar-refractivity contribution in [3.8, 4) is 0 Å². The van der Waals surface area contributed by atoms with E-state index in [0.29, 0.717) is 16.0 Å². The summed E-state index contributed by atoms with van der Waals surface area (Å²) in [6, 6.07) is 17.2. The van der Waals surface area contributed by atoms with Crippen molar-refractivity contribution < 1.29 is 4.42 Å². The van der Waals surface area contributed by atoms with Gasteiger partial charge in [-0.25, -0.2) is 4.79 Å². The molecule has 0 aliphatic heterocycles. The standard InChI is InChI=1S/C17H9ClO2/c18-11-6-8-13-15(9-11)20-17(19)14-7-5-10-3-1-2-4-12(10)16(13)14/h1-9H. The van der Waals surface area contributed by atoms with Crippen molar-refractivity contribution in [2.75, 3.05) is 0 Å². The fourth-order valence-corrected chi connectivity index (χ4v) is 2.84. The molecular weight excluding hydrogens is 272 g/mol. The molecule has 0 fully saturated rings. The lowest BCUT2D eigenvalue weighted by molar-refractivity contribution is 0.570. The van der Waals surface area contributed by atoms with Crippen LogP contribution >= 0.6 is 11.6 Å². The number of hydrogen-bond donors (Lipinski definition) is 0. The topological polar surface area (TPSA) is 30.2 Å². The molecule has 0 bridgehead atoms. The number of hydrogen-bond acceptors (Lipinski definition) is 2. The first-order valence-corrected chi connectivity index (χ1v) is 6.66. The van der Waals surface area contributed by atoms with E-state index in [1.165, 1.54) is 0 Å². The highest BCUT2D eigenvalue weighted by atomic mass is 35.5. The van der Waals surface area contributed by atoms with Crippen LogP contribution in [0.4, 0.5) is 0 Å². The quantitative estimate of drug-likeness (QED) is 0.344. The lowest BCUT2D eigenvalue weighted by atomic mass is 10.0. The maximum atomic E-state index is 12.1. The van der Waals surface area contributed by atoms with Gasteiger partial charge in [0.15, 0.2) is 0 Å². The molecule has 20 heavy (non-hydrogen) atoms. The maximum Gasteiger partial charge on any atom is 0.344 e. The van der Waals surface area contributed by atoms with Crippen molar-refractivity contribution in [2.24, 2.45) is 0 Å². The third-order valence-electron chi connectivity index (χ3n) is 3.56. The van der Waals surface area contributed by atoms with Gasteiger partial charge in [0.25, 0.3) is 0 Å². The summed E-state index contributed by atoms with van der Waals surface area (Å²) in [7, 11) is 0. The maximum absolute atomic E-state index is 12.1. The van der Waals surface area contributed by atoms with Crippen molar-refractivity contribution >= 4 is 44.1 Å². The Kier molecular flexibility index (Phi) is 2.35. The summed E-state index contributed by atoms with van der Waals surface area (Å²) >= 11 is 5.98. The Morgan fingerprint density at radius 3 is 2.55 bits per heavy atom. The van der Waals surface area contributed by atoms with E-state index >= 15 is 0 Å². The Hall–Kier alpha value is -2.32. The summed E-state index contributed by atoms with van der Waals surface area (Å²) in [5.41, 5.74) is 0.187. The van der Waals surface area contributed by atoms with E-state index < -0.39 is 0 Å². The minimum absolute atomic E-state index is 0.333. The van der Waals surface area contributed by atoms with Gasteiger partial charge in [-0.15, -0.1) is 0 Å². The Balaban J connectivity index is 2.40. The van der Waals surface area contributed by atoms with Gasteiger partial charge in [-0.3, -0.25) is 0 Å². The summed E-state index contributed by atoms with van der Waals surface area (Å²) in [5.74, 6) is 0. The van der Waals surface area contributed by atoms with E-state index in [2.05, 4.69) is 0 Å². The Morgan fingerprint density at radius 2 is 1.65 bits per heavy atom. The molecule has 0 radical (unpaired) electrons. The zero-order chi connectivity index (χ0) is 13.7. The molecular formula is C17H9ClO2. The van der Waals surface area contributed by atoms with Gasteiger partial charge in [0.2, 0.25) is 0 Å². The number of rotatable bonds is 0. The van der Waals surface area contributed by atoms with Gasteiger partial charge in [0, 0.05) is 21.9 Å². The van der Waals surface area contributed by atoms with Crippen LogP contribution in [0.1, 0.15) is 0 Å². The molecule has 1 aromatic heterocycles. The molecule has 4 aromatic rings. The van der Waals surface area contributed by atoms with E-state index in [1.807, 2.05) is 48.5 Å². The van der Waals surface area contributed by atoms with Crippen LogP contribution < -0.4 is 5.63 Å². The second kappa shape index (κ2) is 4.09. The molecule has 0 spiro atoms. The molecule has 0 amide bonds. The number of halogens is 1. The van der Waals surface area contributed by atoms with Crippen LogP contribution in [0.25, 0.3) is 32.5 Å². The summed E-state index contributed by atoms with van der Waals surface area (Å²) in [6.45, 7) is 0. The highest BCUT2D eigenvalue weighted by Gasteiger charge is 2.10. The van der Waals surface area contributed by atoms with Gasteiger partial charge in [0.05, 0.1) is 5.39 Å². The lowest BCUT2D eigenvalue weighted by Gasteiger charge is -2.06. The molecule has 0 atom stereocenters. The fraction of sp³-hybridized carbons (Fsp3) is 0. The highest BCUT2D eigenvalue weighted by molar-refractivity contribution is 6.31. The Morgan fingerprint density at radius 1 is 0.850 bits per heavy atom. The highest BCUT2D eigenvalue weighted by Crippen LogP contribution is 2.31. The van der Waals surface area contributed by atoms with Gasteiger partial charge in [-0.05, 0) is 29.0 Å². The van der Waals surface area contributed by atoms with Crippen LogP contribution in [0.3, 0.4) is 0 Å². The Labute approximate surface area is 119 Å². The first kappa shape index (κ1) is 11.5. The zero-order valence-corrected chi connectivity index (χ0v) is 11.1. The second-order valence-electron chi connectivity index (χ2n) is 4.74. The second-order valence-corrected chi connectivity index (χ2v) is 5.18. The van der Waals surface area contributed by atoms with Crippen molar-refractivity contribution in [3.05, 3.63) is 70.0 Å². The molecule has 3 aromatic carbocycles. The molecule has 0 aliphatic rings. The van der Waals surface area contributed by atoms with Crippen molar-refractivity contribution in [1.82, 2.24) is 0 Å². The van der Waals surface area contributed by atoms with Gasteiger partial charge >= 0.3 is 5.63 Å². The van der Waals surface area contributed by atoms with Crippen molar-refractivity contribution in [2.45, 2.75) is 0 Å². The number of fused-ring (bicyclic) bond motifs is 5. The Bertz CT molecular complexity index is 1030. The van der Waals surface area contributed by atoms with Crippen LogP contribution in [0.15, 0.2) is 63.8 Å². The molecule has 4 rings (SSSR count). The zero-order valence-electron chi connectivity index (χ0n) is 10.4. The molecule has 3 heteroatoms. The summed E-state index contributed by atoms with van der Waals surface area (Å²) in [5, 5.41) is 5.12. The first-order chi connectivity index (χ1) is 9.74. The number of benzene rings is 3. The third kappa shape index (κ3) is 1.55. The predicted molar refractivity (Wildman–Crippen MR) is 82.5 cm³/mol. The molecule has 96 valence electrons. The van der Waals surface area contributed by atoms with Gasteiger partial charge in [0.1, 0.15) is 5.58 Å². The summed E-state index contributed by atoms with van der Waals surface area (Å²) < 4.78 is 5.36. The van der Waals surface area contributed by atoms with Crippen LogP contribution in [0.5, 0.6) is 0 Å². The fourth-order valence-electron chi connectivity index (χ4n) is 2.67. The van der Waals surface area contributed by atoms with E-state index in [4.69, 9.17) is 16.0 Å². The smallest absolute Gasteiger partial charge is 0.344 e.